The van der Waals surface area contributed by atoms with Crippen molar-refractivity contribution in [2.75, 3.05) is 16.9 Å². The summed E-state index contributed by atoms with van der Waals surface area (Å²) in [6.45, 7) is 1.64. The minimum Gasteiger partial charge on any atom is -0.371 e. The highest BCUT2D eigenvalue weighted by molar-refractivity contribution is 9.10. The van der Waals surface area contributed by atoms with Crippen molar-refractivity contribution in [3.8, 4) is 0 Å². The van der Waals surface area contributed by atoms with Crippen LogP contribution in [-0.4, -0.2) is 25.0 Å². The number of hydrogen-bond donors (Lipinski definition) is 1. The first kappa shape index (κ1) is 13.3. The number of benzene rings is 1. The van der Waals surface area contributed by atoms with Crippen LogP contribution in [0.25, 0.3) is 10.9 Å². The Kier molecular flexibility index (Phi) is 3.87. The van der Waals surface area contributed by atoms with Crippen molar-refractivity contribution in [2.24, 2.45) is 0 Å². The smallest absolute Gasteiger partial charge is 0.167 e. The quantitative estimate of drug-likeness (QED) is 0.937. The number of hydrogen-bond acceptors (Lipinski definition) is 4. The van der Waals surface area contributed by atoms with Crippen molar-refractivity contribution >= 4 is 42.4 Å². The molecule has 0 bridgehead atoms. The van der Waals surface area contributed by atoms with Crippen LogP contribution in [-0.2, 0) is 9.84 Å². The number of fused-ring (bicyclic) bond motifs is 1. The topological polar surface area (TPSA) is 59.1 Å². The Morgan fingerprint density at radius 3 is 2.83 bits per heavy atom. The summed E-state index contributed by atoms with van der Waals surface area (Å²) in [4.78, 5) is 4.24. The first-order valence-electron chi connectivity index (χ1n) is 5.50. The van der Waals surface area contributed by atoms with Crippen LogP contribution in [0.15, 0.2) is 34.9 Å². The van der Waals surface area contributed by atoms with Crippen molar-refractivity contribution in [1.29, 1.82) is 0 Å². The number of halogens is 1. The fourth-order valence-electron chi connectivity index (χ4n) is 1.56. The van der Waals surface area contributed by atoms with E-state index in [0.29, 0.717) is 0 Å². The third kappa shape index (κ3) is 3.00. The maximum absolute atomic E-state index is 11.5. The van der Waals surface area contributed by atoms with Crippen LogP contribution in [0.1, 0.15) is 6.92 Å². The molecule has 4 nitrogen and oxygen atoms in total. The van der Waals surface area contributed by atoms with E-state index in [-0.39, 0.29) is 11.6 Å². The van der Waals surface area contributed by atoms with E-state index in [9.17, 15) is 8.42 Å². The van der Waals surface area contributed by atoms with Gasteiger partial charge in [-0.25, -0.2) is 8.42 Å². The molecule has 2 rings (SSSR count). The molecule has 1 heterocycles. The molecule has 0 saturated heterocycles. The number of nitrogens with zero attached hydrogens (tertiary/aromatic N) is 1. The van der Waals surface area contributed by atoms with Crippen LogP contribution in [0.5, 0.6) is 0 Å². The monoisotopic (exact) mass is 328 g/mol. The highest BCUT2D eigenvalue weighted by Gasteiger charge is 2.08. The van der Waals surface area contributed by atoms with E-state index >= 15 is 0 Å². The van der Waals surface area contributed by atoms with Crippen molar-refractivity contribution in [3.05, 3.63) is 34.9 Å². The van der Waals surface area contributed by atoms with Gasteiger partial charge in [-0.1, -0.05) is 22.9 Å². The molecule has 0 atom stereocenters. The van der Waals surface area contributed by atoms with Gasteiger partial charge in [0.05, 0.1) is 5.52 Å². The van der Waals surface area contributed by atoms with Gasteiger partial charge in [0.25, 0.3) is 0 Å². The van der Waals surface area contributed by atoms with Crippen molar-refractivity contribution < 1.29 is 8.42 Å². The lowest BCUT2D eigenvalue weighted by Crippen LogP contribution is -2.16. The van der Waals surface area contributed by atoms with E-state index in [1.54, 1.807) is 19.2 Å². The number of nitrogens with one attached hydrogen (secondary N) is 1. The van der Waals surface area contributed by atoms with Crippen LogP contribution < -0.4 is 5.32 Å². The van der Waals surface area contributed by atoms with Crippen LogP contribution in [0.4, 0.5) is 5.69 Å². The van der Waals surface area contributed by atoms with Gasteiger partial charge in [-0.3, -0.25) is 4.98 Å². The van der Waals surface area contributed by atoms with Gasteiger partial charge in [0.2, 0.25) is 0 Å². The molecule has 0 amide bonds. The van der Waals surface area contributed by atoms with Gasteiger partial charge in [-0.2, -0.15) is 0 Å². The number of rotatable bonds is 4. The van der Waals surface area contributed by atoms with Gasteiger partial charge >= 0.3 is 0 Å². The summed E-state index contributed by atoms with van der Waals surface area (Å²) < 4.78 is 23.9. The van der Waals surface area contributed by atoms with Gasteiger partial charge in [0, 0.05) is 27.5 Å². The van der Waals surface area contributed by atoms with Crippen LogP contribution >= 0.6 is 15.9 Å². The molecule has 1 N–H and O–H groups in total. The Labute approximate surface area is 114 Å². The average Bonchev–Trinajstić information content (AvgIpc) is 2.36. The molecule has 0 aliphatic carbocycles. The molecule has 96 valence electrons. The molecule has 0 fully saturated rings. The molecule has 2 aromatic rings. The van der Waals surface area contributed by atoms with Gasteiger partial charge in [0.15, 0.2) is 9.84 Å². The minimum absolute atomic E-state index is 0.0604. The Bertz CT molecular complexity index is 671. The second kappa shape index (κ2) is 5.24. The summed E-state index contributed by atoms with van der Waals surface area (Å²) in [7, 11) is -3.04. The molecule has 1 aromatic carbocycles. The molecular formula is C12H13BrN2O2S. The highest BCUT2D eigenvalue weighted by Crippen LogP contribution is 2.25. The largest absolute Gasteiger partial charge is 0.371 e. The zero-order valence-electron chi connectivity index (χ0n) is 9.85. The first-order valence-corrected chi connectivity index (χ1v) is 8.12. The van der Waals surface area contributed by atoms with Gasteiger partial charge < -0.3 is 5.32 Å². The number of pyridine rings is 1. The Balaban J connectivity index is 2.36. The summed E-state index contributed by atoms with van der Waals surface area (Å²) in [5.74, 6) is 0.0713. The van der Waals surface area contributed by atoms with Gasteiger partial charge in [0.1, 0.15) is 5.88 Å². The molecule has 0 saturated carbocycles. The second-order valence-electron chi connectivity index (χ2n) is 3.87. The predicted molar refractivity (Wildman–Crippen MR) is 77.4 cm³/mol. The normalized spacial score (nSPS) is 11.7. The summed E-state index contributed by atoms with van der Waals surface area (Å²) >= 11 is 3.40. The molecule has 0 radical (unpaired) electrons. The summed E-state index contributed by atoms with van der Waals surface area (Å²) in [5, 5.41) is 3.86. The minimum atomic E-state index is -3.04. The van der Waals surface area contributed by atoms with Crippen LogP contribution in [0.3, 0.4) is 0 Å². The fourth-order valence-corrected chi connectivity index (χ4v) is 2.50. The van der Waals surface area contributed by atoms with Crippen molar-refractivity contribution in [3.63, 3.8) is 0 Å². The van der Waals surface area contributed by atoms with E-state index in [0.717, 1.165) is 21.1 Å². The fraction of sp³-hybridized carbons (Fsp3) is 0.250. The third-order valence-corrected chi connectivity index (χ3v) is 4.58. The van der Waals surface area contributed by atoms with E-state index in [2.05, 4.69) is 26.2 Å². The molecule has 0 aliphatic rings. The van der Waals surface area contributed by atoms with Crippen molar-refractivity contribution in [1.82, 2.24) is 4.98 Å². The predicted octanol–water partition coefficient (Wildman–Crippen LogP) is 2.80. The zero-order chi connectivity index (χ0) is 13.2. The zero-order valence-corrected chi connectivity index (χ0v) is 12.3. The Morgan fingerprint density at radius 2 is 2.11 bits per heavy atom. The van der Waals surface area contributed by atoms with Gasteiger partial charge in [-0.15, -0.1) is 0 Å². The maximum Gasteiger partial charge on any atom is 0.167 e. The highest BCUT2D eigenvalue weighted by atomic mass is 79.9. The SMILES string of the molecule is CCS(=O)(=O)CNc1ccnc2ccc(Br)cc12. The van der Waals surface area contributed by atoms with Crippen LogP contribution in [0.2, 0.25) is 0 Å². The van der Waals surface area contributed by atoms with E-state index in [1.165, 1.54) is 0 Å². The molecule has 18 heavy (non-hydrogen) atoms. The van der Waals surface area contributed by atoms with Crippen LogP contribution in [0, 0.1) is 0 Å². The van der Waals surface area contributed by atoms with E-state index in [4.69, 9.17) is 0 Å². The second-order valence-corrected chi connectivity index (χ2v) is 7.14. The molecule has 0 spiro atoms. The standard InChI is InChI=1S/C12H13BrN2O2S/c1-2-18(16,17)8-15-12-5-6-14-11-4-3-9(13)7-10(11)12/h3-7H,2,8H2,1H3,(H,14,15). The molecule has 1 aromatic heterocycles. The third-order valence-electron chi connectivity index (χ3n) is 2.63. The first-order chi connectivity index (χ1) is 8.52. The maximum atomic E-state index is 11.5. The van der Waals surface area contributed by atoms with Crippen molar-refractivity contribution in [2.45, 2.75) is 6.92 Å². The lowest BCUT2D eigenvalue weighted by atomic mass is 10.2. The molecular weight excluding hydrogens is 316 g/mol. The summed E-state index contributed by atoms with van der Waals surface area (Å²) in [6, 6.07) is 7.49. The van der Waals surface area contributed by atoms with Gasteiger partial charge in [-0.05, 0) is 24.3 Å². The molecule has 0 unspecified atom stereocenters. The lowest BCUT2D eigenvalue weighted by molar-refractivity contribution is 0.599. The lowest BCUT2D eigenvalue weighted by Gasteiger charge is -2.09. The Hall–Kier alpha value is -1.14. The average molecular weight is 329 g/mol. The van der Waals surface area contributed by atoms with E-state index in [1.807, 2.05) is 18.2 Å². The number of sulfone groups is 1. The summed E-state index contributed by atoms with van der Waals surface area (Å²) in [6.07, 6.45) is 1.66. The molecule has 6 heteroatoms. The van der Waals surface area contributed by atoms with E-state index < -0.39 is 9.84 Å². The number of anilines is 1. The number of aromatic nitrogens is 1. The molecule has 0 aliphatic heterocycles. The summed E-state index contributed by atoms with van der Waals surface area (Å²) in [5.41, 5.74) is 1.61. The Morgan fingerprint density at radius 1 is 1.33 bits per heavy atom.